The largest absolute Gasteiger partial charge is 0.480 e. The Hall–Kier alpha value is -1.35. The highest BCUT2D eigenvalue weighted by Crippen LogP contribution is 2.41. The van der Waals surface area contributed by atoms with Crippen molar-refractivity contribution in [3.8, 4) is 0 Å². The van der Waals surface area contributed by atoms with Crippen molar-refractivity contribution in [2.45, 2.75) is 38.1 Å². The number of nitrogens with one attached hydrogen (secondary N) is 1. The van der Waals surface area contributed by atoms with Gasteiger partial charge in [-0.3, -0.25) is 5.32 Å². The van der Waals surface area contributed by atoms with Gasteiger partial charge in [0.15, 0.2) is 0 Å². The van der Waals surface area contributed by atoms with Crippen molar-refractivity contribution in [1.82, 2.24) is 5.32 Å². The monoisotopic (exact) mass is 233 g/mol. The molecule has 0 amide bonds. The molecule has 0 spiro atoms. The van der Waals surface area contributed by atoms with Gasteiger partial charge < -0.3 is 5.11 Å². The van der Waals surface area contributed by atoms with E-state index in [9.17, 15) is 9.90 Å². The molecule has 2 N–H and O–H groups in total. The summed E-state index contributed by atoms with van der Waals surface area (Å²) < 4.78 is 0. The summed E-state index contributed by atoms with van der Waals surface area (Å²) in [6.07, 6.45) is 1.57. The molecule has 2 atom stereocenters. The minimum Gasteiger partial charge on any atom is -0.480 e. The maximum atomic E-state index is 11.7. The van der Waals surface area contributed by atoms with Crippen molar-refractivity contribution in [2.24, 2.45) is 0 Å². The molecule has 2 rings (SSSR count). The van der Waals surface area contributed by atoms with E-state index in [4.69, 9.17) is 0 Å². The highest BCUT2D eigenvalue weighted by atomic mass is 16.4. The Morgan fingerprint density at radius 2 is 2.24 bits per heavy atom. The number of fused-ring (bicyclic) bond motifs is 1. The van der Waals surface area contributed by atoms with E-state index in [0.717, 1.165) is 12.0 Å². The van der Waals surface area contributed by atoms with Gasteiger partial charge in [0.1, 0.15) is 5.54 Å². The molecule has 3 heteroatoms. The Morgan fingerprint density at radius 1 is 1.53 bits per heavy atom. The lowest BCUT2D eigenvalue weighted by Crippen LogP contribution is -2.51. The second-order valence-electron chi connectivity index (χ2n) is 4.77. The zero-order valence-corrected chi connectivity index (χ0v) is 10.4. The van der Waals surface area contributed by atoms with Crippen LogP contribution < -0.4 is 5.32 Å². The number of carboxylic acid groups (broad SMARTS) is 1. The fourth-order valence-electron chi connectivity index (χ4n) is 2.82. The number of carboxylic acids is 1. The summed E-state index contributed by atoms with van der Waals surface area (Å²) in [5, 5.41) is 12.8. The summed E-state index contributed by atoms with van der Waals surface area (Å²) in [7, 11) is 0. The molecule has 0 radical (unpaired) electrons. The third-order valence-electron chi connectivity index (χ3n) is 3.75. The van der Waals surface area contributed by atoms with Crippen LogP contribution in [-0.2, 0) is 10.3 Å². The number of rotatable bonds is 3. The molecule has 1 aliphatic rings. The Kier molecular flexibility index (Phi) is 3.20. The minimum atomic E-state index is -0.891. The van der Waals surface area contributed by atoms with Crippen LogP contribution in [0, 0.1) is 0 Å². The van der Waals surface area contributed by atoms with Gasteiger partial charge in [0.05, 0.1) is 0 Å². The first kappa shape index (κ1) is 12.1. The molecular weight excluding hydrogens is 214 g/mol. The number of aliphatic carboxylic acids is 1. The Morgan fingerprint density at radius 3 is 2.88 bits per heavy atom. The van der Waals surface area contributed by atoms with Crippen molar-refractivity contribution in [3.05, 3.63) is 35.4 Å². The Balaban J connectivity index is 2.56. The van der Waals surface area contributed by atoms with Crippen LogP contribution in [0.1, 0.15) is 43.7 Å². The summed E-state index contributed by atoms with van der Waals surface area (Å²) in [6.45, 7) is 4.77. The van der Waals surface area contributed by atoms with E-state index >= 15 is 0 Å². The first-order valence-electron chi connectivity index (χ1n) is 6.19. The molecule has 1 aromatic carbocycles. The smallest absolute Gasteiger partial charge is 0.328 e. The van der Waals surface area contributed by atoms with Crippen molar-refractivity contribution in [3.63, 3.8) is 0 Å². The number of hydrogen-bond donors (Lipinski definition) is 2. The topological polar surface area (TPSA) is 49.3 Å². The second kappa shape index (κ2) is 4.49. The molecule has 1 aliphatic carbocycles. The van der Waals surface area contributed by atoms with E-state index in [1.807, 2.05) is 31.2 Å². The van der Waals surface area contributed by atoms with E-state index in [1.165, 1.54) is 5.56 Å². The normalized spacial score (nSPS) is 27.5. The van der Waals surface area contributed by atoms with Crippen LogP contribution in [0.3, 0.4) is 0 Å². The molecule has 0 bridgehead atoms. The Bertz CT molecular complexity index is 430. The fourth-order valence-corrected chi connectivity index (χ4v) is 2.82. The van der Waals surface area contributed by atoms with Crippen LogP contribution in [0.4, 0.5) is 0 Å². The molecular formula is C14H19NO2. The minimum absolute atomic E-state index is 0.442. The lowest BCUT2D eigenvalue weighted by atomic mass is 9.72. The molecule has 92 valence electrons. The van der Waals surface area contributed by atoms with Gasteiger partial charge in [0, 0.05) is 0 Å². The molecule has 17 heavy (non-hydrogen) atoms. The molecule has 0 heterocycles. The van der Waals surface area contributed by atoms with Crippen LogP contribution in [-0.4, -0.2) is 17.6 Å². The van der Waals surface area contributed by atoms with E-state index in [1.54, 1.807) is 0 Å². The molecule has 3 nitrogen and oxygen atoms in total. The van der Waals surface area contributed by atoms with Crippen molar-refractivity contribution >= 4 is 5.97 Å². The lowest BCUT2D eigenvalue weighted by molar-refractivity contribution is -0.146. The summed E-state index contributed by atoms with van der Waals surface area (Å²) in [4.78, 5) is 11.7. The molecule has 0 aliphatic heterocycles. The van der Waals surface area contributed by atoms with Gasteiger partial charge in [-0.05, 0) is 36.4 Å². The van der Waals surface area contributed by atoms with Crippen LogP contribution in [0.25, 0.3) is 0 Å². The third kappa shape index (κ3) is 1.84. The number of carbonyl (C=O) groups is 1. The summed E-state index contributed by atoms with van der Waals surface area (Å²) in [6, 6.07) is 7.90. The molecule has 0 saturated heterocycles. The first-order valence-corrected chi connectivity index (χ1v) is 6.19. The maximum Gasteiger partial charge on any atom is 0.328 e. The molecule has 0 fully saturated rings. The van der Waals surface area contributed by atoms with Gasteiger partial charge in [0.25, 0.3) is 0 Å². The van der Waals surface area contributed by atoms with Gasteiger partial charge >= 0.3 is 5.97 Å². The molecule has 2 unspecified atom stereocenters. The maximum absolute atomic E-state index is 11.7. The van der Waals surface area contributed by atoms with Gasteiger partial charge in [-0.1, -0.05) is 38.1 Å². The standard InChI is InChI=1S/C14H19NO2/c1-3-15-14(13(16)17)9-8-10(2)11-6-4-5-7-12(11)14/h4-7,10,15H,3,8-9H2,1-2H3,(H,16,17). The van der Waals surface area contributed by atoms with Gasteiger partial charge in [-0.25, -0.2) is 4.79 Å². The van der Waals surface area contributed by atoms with Crippen LogP contribution in [0.15, 0.2) is 24.3 Å². The first-order chi connectivity index (χ1) is 8.12. The number of likely N-dealkylation sites (N-methyl/N-ethyl adjacent to an activating group) is 1. The van der Waals surface area contributed by atoms with Crippen LogP contribution in [0.2, 0.25) is 0 Å². The van der Waals surface area contributed by atoms with Gasteiger partial charge in [-0.15, -0.1) is 0 Å². The van der Waals surface area contributed by atoms with Crippen molar-refractivity contribution < 1.29 is 9.90 Å². The number of hydrogen-bond acceptors (Lipinski definition) is 2. The predicted molar refractivity (Wildman–Crippen MR) is 67.1 cm³/mol. The zero-order valence-electron chi connectivity index (χ0n) is 10.4. The van der Waals surface area contributed by atoms with E-state index in [2.05, 4.69) is 12.2 Å². The summed E-state index contributed by atoms with van der Waals surface area (Å²) in [5.41, 5.74) is 1.22. The van der Waals surface area contributed by atoms with Crippen LogP contribution >= 0.6 is 0 Å². The molecule has 0 aromatic heterocycles. The highest BCUT2D eigenvalue weighted by Gasteiger charge is 2.44. The van der Waals surface area contributed by atoms with Crippen molar-refractivity contribution in [2.75, 3.05) is 6.54 Å². The van der Waals surface area contributed by atoms with Crippen LogP contribution in [0.5, 0.6) is 0 Å². The highest BCUT2D eigenvalue weighted by molar-refractivity contribution is 5.82. The summed E-state index contributed by atoms with van der Waals surface area (Å²) >= 11 is 0. The third-order valence-corrected chi connectivity index (χ3v) is 3.75. The predicted octanol–water partition coefficient (Wildman–Crippen LogP) is 2.47. The quantitative estimate of drug-likeness (QED) is 0.843. The van der Waals surface area contributed by atoms with Gasteiger partial charge in [-0.2, -0.15) is 0 Å². The fraction of sp³-hybridized carbons (Fsp3) is 0.500. The van der Waals surface area contributed by atoms with E-state index < -0.39 is 11.5 Å². The molecule has 0 saturated carbocycles. The second-order valence-corrected chi connectivity index (χ2v) is 4.77. The zero-order chi connectivity index (χ0) is 12.5. The van der Waals surface area contributed by atoms with E-state index in [0.29, 0.717) is 18.9 Å². The van der Waals surface area contributed by atoms with Gasteiger partial charge in [0.2, 0.25) is 0 Å². The lowest BCUT2D eigenvalue weighted by Gasteiger charge is -2.38. The van der Waals surface area contributed by atoms with E-state index in [-0.39, 0.29) is 0 Å². The van der Waals surface area contributed by atoms with Crippen molar-refractivity contribution in [1.29, 1.82) is 0 Å². The SMILES string of the molecule is CCNC1(C(=O)O)CCC(C)c2ccccc21. The average molecular weight is 233 g/mol. The average Bonchev–Trinajstić information content (AvgIpc) is 2.33. The summed E-state index contributed by atoms with van der Waals surface area (Å²) in [5.74, 6) is -0.323. The Labute approximate surface area is 102 Å². The molecule has 1 aromatic rings. The number of benzene rings is 1.